The zero-order valence-electron chi connectivity index (χ0n) is 20.2. The molecule has 10 heteroatoms. The molecule has 3 atom stereocenters. The van der Waals surface area contributed by atoms with Crippen LogP contribution in [0.1, 0.15) is 58.6 Å². The third-order valence-corrected chi connectivity index (χ3v) is 6.06. The van der Waals surface area contributed by atoms with E-state index in [-0.39, 0.29) is 30.0 Å². The number of benzene rings is 1. The Balaban J connectivity index is 2.79. The summed E-state index contributed by atoms with van der Waals surface area (Å²) in [5.41, 5.74) is 0.882. The van der Waals surface area contributed by atoms with Crippen LogP contribution in [0, 0.1) is 16.5 Å². The van der Waals surface area contributed by atoms with Crippen LogP contribution < -0.4 is 10.7 Å². The van der Waals surface area contributed by atoms with Crippen LogP contribution in [0.15, 0.2) is 24.3 Å². The van der Waals surface area contributed by atoms with Gasteiger partial charge in [0.1, 0.15) is 12.6 Å². The molecule has 0 aliphatic heterocycles. The van der Waals surface area contributed by atoms with Gasteiger partial charge in [0.25, 0.3) is 0 Å². The molecule has 1 rings (SSSR count). The first-order valence-electron chi connectivity index (χ1n) is 11.0. The highest BCUT2D eigenvalue weighted by atomic mass is 32.2. The summed E-state index contributed by atoms with van der Waals surface area (Å²) in [6.45, 7) is 10.5. The van der Waals surface area contributed by atoms with Gasteiger partial charge < -0.3 is 15.3 Å². The highest BCUT2D eigenvalue weighted by Crippen LogP contribution is 2.24. The SMILES string of the molecule is CCOC(=O)[C@H](CSC(=O)[C@@H](C)c1ccc(CC(C)C)cc1)NC(=O)C(C)(C)CO[NH+]([O-])O. The minimum atomic E-state index is -1.50. The molecule has 1 aromatic rings. The van der Waals surface area contributed by atoms with Crippen LogP contribution in [0.25, 0.3) is 0 Å². The third-order valence-electron chi connectivity index (χ3n) is 4.92. The van der Waals surface area contributed by atoms with E-state index >= 15 is 0 Å². The number of ether oxygens (including phenoxy) is 1. The molecule has 3 N–H and O–H groups in total. The van der Waals surface area contributed by atoms with Crippen LogP contribution in [-0.2, 0) is 30.4 Å². The minimum absolute atomic E-state index is 0.00491. The van der Waals surface area contributed by atoms with Crippen molar-refractivity contribution in [2.24, 2.45) is 11.3 Å². The van der Waals surface area contributed by atoms with Gasteiger partial charge in [0.2, 0.25) is 5.91 Å². The summed E-state index contributed by atoms with van der Waals surface area (Å²) in [5.74, 6) is -1.09. The second-order valence-corrected chi connectivity index (χ2v) is 9.93. The number of thioether (sulfide) groups is 1. The molecule has 33 heavy (non-hydrogen) atoms. The van der Waals surface area contributed by atoms with Gasteiger partial charge in [0.15, 0.2) is 5.12 Å². The fourth-order valence-electron chi connectivity index (χ4n) is 2.91. The lowest BCUT2D eigenvalue weighted by Gasteiger charge is -2.26. The Hall–Kier alpha value is -1.98. The van der Waals surface area contributed by atoms with E-state index in [0.717, 1.165) is 23.7 Å². The molecule has 0 aliphatic carbocycles. The van der Waals surface area contributed by atoms with Crippen LogP contribution in [0.4, 0.5) is 0 Å². The summed E-state index contributed by atoms with van der Waals surface area (Å²) in [7, 11) is 0. The number of hydrogen-bond acceptors (Lipinski definition) is 8. The van der Waals surface area contributed by atoms with Gasteiger partial charge in [0, 0.05) is 5.75 Å². The Kier molecular flexibility index (Phi) is 12.0. The molecular weight excluding hydrogens is 448 g/mol. The van der Waals surface area contributed by atoms with E-state index < -0.39 is 28.7 Å². The largest absolute Gasteiger partial charge is 0.566 e. The van der Waals surface area contributed by atoms with Gasteiger partial charge in [-0.3, -0.25) is 9.59 Å². The second kappa shape index (κ2) is 13.7. The normalized spacial score (nSPS) is 14.5. The molecule has 1 amide bonds. The van der Waals surface area contributed by atoms with Crippen molar-refractivity contribution in [3.8, 4) is 0 Å². The lowest BCUT2D eigenvalue weighted by Crippen LogP contribution is -3.03. The van der Waals surface area contributed by atoms with Crippen molar-refractivity contribution in [1.82, 2.24) is 5.32 Å². The molecule has 0 aromatic heterocycles. The van der Waals surface area contributed by atoms with Crippen molar-refractivity contribution >= 4 is 28.8 Å². The maximum absolute atomic E-state index is 12.8. The van der Waals surface area contributed by atoms with Crippen LogP contribution in [0.5, 0.6) is 0 Å². The van der Waals surface area contributed by atoms with E-state index in [0.29, 0.717) is 5.92 Å². The molecule has 186 valence electrons. The highest BCUT2D eigenvalue weighted by molar-refractivity contribution is 8.13. The molecule has 0 saturated heterocycles. The lowest BCUT2D eigenvalue weighted by molar-refractivity contribution is -1.21. The zero-order chi connectivity index (χ0) is 25.2. The van der Waals surface area contributed by atoms with Crippen molar-refractivity contribution < 1.29 is 34.6 Å². The summed E-state index contributed by atoms with van der Waals surface area (Å²) in [4.78, 5) is 42.3. The number of carbonyl (C=O) groups is 3. The van der Waals surface area contributed by atoms with Gasteiger partial charge >= 0.3 is 5.97 Å². The lowest BCUT2D eigenvalue weighted by atomic mass is 9.93. The smallest absolute Gasteiger partial charge is 0.329 e. The third kappa shape index (κ3) is 10.2. The molecule has 0 fully saturated rings. The predicted octanol–water partition coefficient (Wildman–Crippen LogP) is 2.03. The van der Waals surface area contributed by atoms with Crippen molar-refractivity contribution in [1.29, 1.82) is 0 Å². The first-order chi connectivity index (χ1) is 15.4. The van der Waals surface area contributed by atoms with Gasteiger partial charge in [-0.1, -0.05) is 62.2 Å². The van der Waals surface area contributed by atoms with Crippen molar-refractivity contribution in [3.63, 3.8) is 0 Å². The summed E-state index contributed by atoms with van der Waals surface area (Å²) >= 11 is 0.948. The number of hydrogen-bond donors (Lipinski definition) is 3. The van der Waals surface area contributed by atoms with Gasteiger partial charge in [-0.25, -0.2) is 4.79 Å². The molecule has 0 bridgehead atoms. The number of quaternary nitrogens is 1. The van der Waals surface area contributed by atoms with Gasteiger partial charge in [0.05, 0.1) is 17.9 Å². The van der Waals surface area contributed by atoms with E-state index in [9.17, 15) is 19.6 Å². The summed E-state index contributed by atoms with van der Waals surface area (Å²) in [6, 6.07) is 6.86. The molecular formula is C23H36N2O7S. The first kappa shape index (κ1) is 29.1. The Morgan fingerprint density at radius 2 is 1.79 bits per heavy atom. The van der Waals surface area contributed by atoms with Crippen LogP contribution in [0.3, 0.4) is 0 Å². The number of amides is 1. The Labute approximate surface area is 199 Å². The van der Waals surface area contributed by atoms with E-state index in [4.69, 9.17) is 9.94 Å². The number of rotatable bonds is 13. The second-order valence-electron chi connectivity index (χ2n) is 8.91. The minimum Gasteiger partial charge on any atom is -0.566 e. The van der Waals surface area contributed by atoms with Crippen molar-refractivity contribution in [2.75, 3.05) is 19.0 Å². The molecule has 0 aliphatic rings. The van der Waals surface area contributed by atoms with E-state index in [2.05, 4.69) is 24.0 Å². The van der Waals surface area contributed by atoms with Crippen molar-refractivity contribution in [2.45, 2.75) is 59.9 Å². The molecule has 0 radical (unpaired) electrons. The van der Waals surface area contributed by atoms with Crippen molar-refractivity contribution in [3.05, 3.63) is 40.6 Å². The fraction of sp³-hybridized carbons (Fsp3) is 0.609. The summed E-state index contributed by atoms with van der Waals surface area (Å²) < 4.78 is 5.03. The average molecular weight is 485 g/mol. The quantitative estimate of drug-likeness (QED) is 0.286. The Bertz CT molecular complexity index is 782. The van der Waals surface area contributed by atoms with Gasteiger partial charge in [-0.15, -0.1) is 0 Å². The Morgan fingerprint density at radius 3 is 2.30 bits per heavy atom. The van der Waals surface area contributed by atoms with E-state index in [1.165, 1.54) is 19.4 Å². The zero-order valence-corrected chi connectivity index (χ0v) is 21.0. The maximum Gasteiger partial charge on any atom is 0.329 e. The number of esters is 1. The molecule has 0 spiro atoms. The molecule has 1 unspecified atom stereocenters. The standard InChI is InChI=1S/C23H36N2O7S/c1-7-31-20(26)19(24-22(28)23(5,6)14-32-25(29)30)13-33-21(27)16(4)18-10-8-17(9-11-18)12-15(2)3/h8-11,15-16,19,25,29H,7,12-14H2,1-6H3,(H,24,28)/t16-,19-/m0/s1. The highest BCUT2D eigenvalue weighted by Gasteiger charge is 2.34. The van der Waals surface area contributed by atoms with Crippen LogP contribution in [-0.4, -0.2) is 47.2 Å². The number of carbonyl (C=O) groups excluding carboxylic acids is 3. The summed E-state index contributed by atoms with van der Waals surface area (Å²) in [5, 5.41) is 20.2. The number of nitrogens with one attached hydrogen (secondary N) is 2. The molecule has 9 nitrogen and oxygen atoms in total. The molecule has 0 saturated carbocycles. The van der Waals surface area contributed by atoms with Crippen LogP contribution >= 0.6 is 11.8 Å². The Morgan fingerprint density at radius 1 is 1.18 bits per heavy atom. The molecule has 1 aromatic carbocycles. The van der Waals surface area contributed by atoms with Crippen LogP contribution in [0.2, 0.25) is 0 Å². The monoisotopic (exact) mass is 484 g/mol. The first-order valence-corrected chi connectivity index (χ1v) is 11.9. The molecule has 0 heterocycles. The van der Waals surface area contributed by atoms with Gasteiger partial charge in [-0.05, 0) is 44.2 Å². The average Bonchev–Trinajstić information content (AvgIpc) is 2.74. The van der Waals surface area contributed by atoms with E-state index in [1.807, 2.05) is 24.3 Å². The predicted molar refractivity (Wildman–Crippen MR) is 125 cm³/mol. The topological polar surface area (TPSA) is 129 Å². The van der Waals surface area contributed by atoms with Gasteiger partial charge in [-0.2, -0.15) is 10.0 Å². The summed E-state index contributed by atoms with van der Waals surface area (Å²) in [6.07, 6.45) is 0.964. The maximum atomic E-state index is 12.8. The van der Waals surface area contributed by atoms with E-state index in [1.54, 1.807) is 13.8 Å². The fourth-order valence-corrected chi connectivity index (χ4v) is 3.85.